The van der Waals surface area contributed by atoms with Crippen LogP contribution >= 0.6 is 0 Å². The molecule has 3 heteroatoms. The van der Waals surface area contributed by atoms with E-state index in [9.17, 15) is 4.79 Å². The molecule has 0 aromatic rings. The van der Waals surface area contributed by atoms with E-state index >= 15 is 0 Å². The predicted molar refractivity (Wildman–Crippen MR) is 113 cm³/mol. The molecule has 1 atom stereocenters. The second-order valence-corrected chi connectivity index (χ2v) is 6.63. The summed E-state index contributed by atoms with van der Waals surface area (Å²) >= 11 is 0. The van der Waals surface area contributed by atoms with E-state index in [2.05, 4.69) is 60.8 Å². The zero-order chi connectivity index (χ0) is 19.3. The highest BCUT2D eigenvalue weighted by Crippen LogP contribution is 2.01. The Morgan fingerprint density at radius 3 is 1.85 bits per heavy atom. The minimum atomic E-state index is -0.154. The molecule has 0 spiro atoms. The van der Waals surface area contributed by atoms with Crippen LogP contribution in [0.1, 0.15) is 78.1 Å². The summed E-state index contributed by atoms with van der Waals surface area (Å²) in [6.45, 7) is 4.02. The summed E-state index contributed by atoms with van der Waals surface area (Å²) in [4.78, 5) is 11.5. The first-order valence-electron chi connectivity index (χ1n) is 10.2. The van der Waals surface area contributed by atoms with Gasteiger partial charge in [0.1, 0.15) is 0 Å². The molecule has 0 rings (SSSR count). The number of hydrogen-bond acceptors (Lipinski definition) is 2. The molecule has 0 fully saturated rings. The zero-order valence-electron chi connectivity index (χ0n) is 16.8. The van der Waals surface area contributed by atoms with Crippen molar-refractivity contribution in [3.63, 3.8) is 0 Å². The van der Waals surface area contributed by atoms with Crippen molar-refractivity contribution < 1.29 is 9.90 Å². The molecule has 0 aliphatic carbocycles. The van der Waals surface area contributed by atoms with E-state index in [0.29, 0.717) is 6.42 Å². The number of carbonyl (C=O) groups is 1. The van der Waals surface area contributed by atoms with Crippen LogP contribution in [0.25, 0.3) is 0 Å². The minimum absolute atomic E-state index is 0.0110. The van der Waals surface area contributed by atoms with Gasteiger partial charge >= 0.3 is 0 Å². The summed E-state index contributed by atoms with van der Waals surface area (Å²) in [6.07, 6.45) is 28.0. The van der Waals surface area contributed by atoms with Gasteiger partial charge in [-0.1, -0.05) is 68.4 Å². The van der Waals surface area contributed by atoms with Gasteiger partial charge in [-0.2, -0.15) is 0 Å². The number of nitrogens with one attached hydrogen (secondary N) is 1. The van der Waals surface area contributed by atoms with E-state index in [1.165, 1.54) is 25.7 Å². The molecular formula is C23H39NO2. The van der Waals surface area contributed by atoms with Crippen LogP contribution in [0.2, 0.25) is 0 Å². The summed E-state index contributed by atoms with van der Waals surface area (Å²) in [7, 11) is 0. The first kappa shape index (κ1) is 24.4. The van der Waals surface area contributed by atoms with Gasteiger partial charge in [-0.25, -0.2) is 0 Å². The Kier molecular flexibility index (Phi) is 18.5. The predicted octanol–water partition coefficient (Wildman–Crippen LogP) is 5.63. The quantitative estimate of drug-likeness (QED) is 0.212. The zero-order valence-corrected chi connectivity index (χ0v) is 16.8. The highest BCUT2D eigenvalue weighted by atomic mass is 16.3. The number of carbonyl (C=O) groups excluding carboxylic acids is 1. The Balaban J connectivity index is 3.50. The molecule has 3 nitrogen and oxygen atoms in total. The fraction of sp³-hybridized carbons (Fsp3) is 0.609. The fourth-order valence-electron chi connectivity index (χ4n) is 2.33. The van der Waals surface area contributed by atoms with E-state index in [1.807, 2.05) is 0 Å². The molecule has 0 aromatic heterocycles. The number of allylic oxidation sites excluding steroid dienone is 8. The standard InChI is InChI=1S/C23H39NO2/c1-3-4-5-6-7-8-9-10-11-12-13-14-15-16-17-18-19-20-23(26)24-22(2)21-25/h7-8,10-11,13-14,16-17,22,25H,3-6,9,12,15,18-21H2,1-2H3,(H,24,26)/b8-7-,11-10-,14-13-,17-16-/i1+1. The number of aliphatic hydroxyl groups is 1. The molecule has 1 amide bonds. The Labute approximate surface area is 161 Å². The summed E-state index contributed by atoms with van der Waals surface area (Å²) in [5.41, 5.74) is 0. The van der Waals surface area contributed by atoms with Crippen molar-refractivity contribution in [2.45, 2.75) is 84.1 Å². The summed E-state index contributed by atoms with van der Waals surface area (Å²) in [6, 6.07) is -0.154. The molecule has 0 saturated heterocycles. The molecule has 0 heterocycles. The van der Waals surface area contributed by atoms with Gasteiger partial charge in [0, 0.05) is 12.5 Å². The largest absolute Gasteiger partial charge is 0.394 e. The number of hydrogen-bond donors (Lipinski definition) is 2. The second kappa shape index (κ2) is 19.7. The SMILES string of the molecule is CC(CO)NC(=O)CCC/C=C\C/C=C\C/C=C\C/C=C\CCCC[13CH3]. The van der Waals surface area contributed by atoms with Crippen molar-refractivity contribution in [1.29, 1.82) is 0 Å². The molecule has 0 bridgehead atoms. The Hall–Kier alpha value is -1.61. The molecule has 2 N–H and O–H groups in total. The minimum Gasteiger partial charge on any atom is -0.394 e. The van der Waals surface area contributed by atoms with Crippen LogP contribution in [-0.4, -0.2) is 23.7 Å². The lowest BCUT2D eigenvalue weighted by Crippen LogP contribution is -2.34. The molecule has 148 valence electrons. The van der Waals surface area contributed by atoms with Crippen molar-refractivity contribution >= 4 is 5.91 Å². The van der Waals surface area contributed by atoms with Crippen LogP contribution in [0, 0.1) is 0 Å². The Bertz CT molecular complexity index is 435. The monoisotopic (exact) mass is 362 g/mol. The maximum absolute atomic E-state index is 11.5. The molecular weight excluding hydrogens is 323 g/mol. The van der Waals surface area contributed by atoms with Crippen LogP contribution in [0.15, 0.2) is 48.6 Å². The molecule has 0 aliphatic rings. The first-order valence-corrected chi connectivity index (χ1v) is 10.2. The van der Waals surface area contributed by atoms with E-state index in [0.717, 1.165) is 32.1 Å². The number of aliphatic hydroxyl groups excluding tert-OH is 1. The van der Waals surface area contributed by atoms with E-state index < -0.39 is 0 Å². The van der Waals surface area contributed by atoms with Gasteiger partial charge in [0.15, 0.2) is 0 Å². The second-order valence-electron chi connectivity index (χ2n) is 6.63. The average molecular weight is 363 g/mol. The lowest BCUT2D eigenvalue weighted by Gasteiger charge is -2.09. The Morgan fingerprint density at radius 1 is 0.846 bits per heavy atom. The number of rotatable bonds is 16. The lowest BCUT2D eigenvalue weighted by atomic mass is 10.2. The van der Waals surface area contributed by atoms with Crippen LogP contribution in [-0.2, 0) is 4.79 Å². The first-order chi connectivity index (χ1) is 12.7. The van der Waals surface area contributed by atoms with Crippen LogP contribution in [0.5, 0.6) is 0 Å². The van der Waals surface area contributed by atoms with Crippen molar-refractivity contribution in [2.75, 3.05) is 6.61 Å². The highest BCUT2D eigenvalue weighted by molar-refractivity contribution is 5.76. The van der Waals surface area contributed by atoms with Crippen LogP contribution in [0.3, 0.4) is 0 Å². The Morgan fingerprint density at radius 2 is 1.35 bits per heavy atom. The molecule has 0 saturated carbocycles. The van der Waals surface area contributed by atoms with Crippen molar-refractivity contribution in [2.24, 2.45) is 0 Å². The topological polar surface area (TPSA) is 49.3 Å². The fourth-order valence-corrected chi connectivity index (χ4v) is 2.33. The molecule has 26 heavy (non-hydrogen) atoms. The van der Waals surface area contributed by atoms with E-state index in [4.69, 9.17) is 5.11 Å². The smallest absolute Gasteiger partial charge is 0.220 e. The molecule has 0 aliphatic heterocycles. The van der Waals surface area contributed by atoms with Gasteiger partial charge in [-0.3, -0.25) is 4.79 Å². The number of amides is 1. The van der Waals surface area contributed by atoms with Crippen LogP contribution in [0.4, 0.5) is 0 Å². The maximum atomic E-state index is 11.5. The van der Waals surface area contributed by atoms with Gasteiger partial charge < -0.3 is 10.4 Å². The normalized spacial score (nSPS) is 13.5. The average Bonchev–Trinajstić information content (AvgIpc) is 2.64. The van der Waals surface area contributed by atoms with E-state index in [-0.39, 0.29) is 18.6 Å². The molecule has 1 unspecified atom stereocenters. The third-order valence-electron chi connectivity index (χ3n) is 3.91. The third kappa shape index (κ3) is 18.7. The van der Waals surface area contributed by atoms with Gasteiger partial charge in [-0.15, -0.1) is 0 Å². The molecule has 0 radical (unpaired) electrons. The maximum Gasteiger partial charge on any atom is 0.220 e. The van der Waals surface area contributed by atoms with Crippen LogP contribution < -0.4 is 5.32 Å². The molecule has 0 aromatic carbocycles. The summed E-state index contributed by atoms with van der Waals surface area (Å²) in [5, 5.41) is 11.6. The third-order valence-corrected chi connectivity index (χ3v) is 3.91. The summed E-state index contributed by atoms with van der Waals surface area (Å²) < 4.78 is 0. The van der Waals surface area contributed by atoms with Crippen molar-refractivity contribution in [3.8, 4) is 0 Å². The van der Waals surface area contributed by atoms with Crippen molar-refractivity contribution in [3.05, 3.63) is 48.6 Å². The van der Waals surface area contributed by atoms with Crippen molar-refractivity contribution in [1.82, 2.24) is 5.32 Å². The van der Waals surface area contributed by atoms with Gasteiger partial charge in [-0.05, 0) is 51.9 Å². The highest BCUT2D eigenvalue weighted by Gasteiger charge is 2.04. The van der Waals surface area contributed by atoms with E-state index in [1.54, 1.807) is 6.92 Å². The van der Waals surface area contributed by atoms with Gasteiger partial charge in [0.05, 0.1) is 6.61 Å². The van der Waals surface area contributed by atoms with Gasteiger partial charge in [0.25, 0.3) is 0 Å². The van der Waals surface area contributed by atoms with Gasteiger partial charge in [0.2, 0.25) is 5.91 Å². The lowest BCUT2D eigenvalue weighted by molar-refractivity contribution is -0.122. The number of unbranched alkanes of at least 4 members (excludes halogenated alkanes) is 4. The summed E-state index contributed by atoms with van der Waals surface area (Å²) in [5.74, 6) is 0.0161.